The van der Waals surface area contributed by atoms with E-state index in [2.05, 4.69) is 20.6 Å². The Morgan fingerprint density at radius 2 is 1.77 bits per heavy atom. The number of amides is 2. The summed E-state index contributed by atoms with van der Waals surface area (Å²) in [6, 6.07) is 10.2. The lowest BCUT2D eigenvalue weighted by Gasteiger charge is -2.27. The zero-order valence-electron chi connectivity index (χ0n) is 17.6. The van der Waals surface area contributed by atoms with Crippen LogP contribution in [0.3, 0.4) is 0 Å². The maximum Gasteiger partial charge on any atom is 0.337 e. The van der Waals surface area contributed by atoms with Gasteiger partial charge < -0.3 is 15.4 Å². The molecule has 0 saturated carbocycles. The zero-order valence-corrected chi connectivity index (χ0v) is 17.6. The second-order valence-electron chi connectivity index (χ2n) is 7.26. The standard InChI is InChI=1S/C22H22N6O3/c1-12-10-13(2)24-21(23-12)28-11-16(18(27-28)15-8-6-5-7-9-15)19-17(20(29)31-4)14(3)25-22(30)26-19/h5-11,19H,1-4H3,(H2,25,26,30). The summed E-state index contributed by atoms with van der Waals surface area (Å²) >= 11 is 0. The highest BCUT2D eigenvalue weighted by Gasteiger charge is 2.35. The highest BCUT2D eigenvalue weighted by molar-refractivity contribution is 5.95. The van der Waals surface area contributed by atoms with Gasteiger partial charge in [0.1, 0.15) is 0 Å². The molecular weight excluding hydrogens is 396 g/mol. The number of nitrogens with one attached hydrogen (secondary N) is 2. The molecule has 1 atom stereocenters. The van der Waals surface area contributed by atoms with Gasteiger partial charge >= 0.3 is 12.0 Å². The molecule has 31 heavy (non-hydrogen) atoms. The van der Waals surface area contributed by atoms with Crippen LogP contribution in [0.4, 0.5) is 4.79 Å². The Balaban J connectivity index is 1.93. The number of aromatic nitrogens is 4. The summed E-state index contributed by atoms with van der Waals surface area (Å²) in [5, 5.41) is 10.2. The summed E-state index contributed by atoms with van der Waals surface area (Å²) in [6.07, 6.45) is 1.74. The molecule has 1 aliphatic rings. The van der Waals surface area contributed by atoms with E-state index in [0.29, 0.717) is 28.5 Å². The van der Waals surface area contributed by atoms with E-state index in [1.54, 1.807) is 17.8 Å². The predicted octanol–water partition coefficient (Wildman–Crippen LogP) is 2.75. The Kier molecular flexibility index (Phi) is 5.24. The third-order valence-corrected chi connectivity index (χ3v) is 4.95. The van der Waals surface area contributed by atoms with Crippen LogP contribution in [0, 0.1) is 13.8 Å². The molecule has 0 saturated heterocycles. The lowest BCUT2D eigenvalue weighted by molar-refractivity contribution is -0.136. The van der Waals surface area contributed by atoms with Gasteiger partial charge in [0.2, 0.25) is 0 Å². The van der Waals surface area contributed by atoms with Crippen molar-refractivity contribution in [2.24, 2.45) is 0 Å². The quantitative estimate of drug-likeness (QED) is 0.631. The van der Waals surface area contributed by atoms with Gasteiger partial charge in [-0.1, -0.05) is 30.3 Å². The molecule has 0 aliphatic carbocycles. The van der Waals surface area contributed by atoms with E-state index in [1.165, 1.54) is 7.11 Å². The van der Waals surface area contributed by atoms with Gasteiger partial charge in [-0.05, 0) is 26.8 Å². The van der Waals surface area contributed by atoms with Gasteiger partial charge in [-0.3, -0.25) is 0 Å². The fourth-order valence-electron chi connectivity index (χ4n) is 3.64. The van der Waals surface area contributed by atoms with E-state index < -0.39 is 18.0 Å². The summed E-state index contributed by atoms with van der Waals surface area (Å²) in [4.78, 5) is 33.8. The van der Waals surface area contributed by atoms with Gasteiger partial charge in [0.15, 0.2) is 0 Å². The second-order valence-corrected chi connectivity index (χ2v) is 7.26. The SMILES string of the molecule is COC(=O)C1=C(C)NC(=O)NC1c1cn(-c2nc(C)cc(C)n2)nc1-c1ccccc1. The Morgan fingerprint density at radius 3 is 2.42 bits per heavy atom. The van der Waals surface area contributed by atoms with Crippen molar-refractivity contribution in [2.75, 3.05) is 7.11 Å². The third-order valence-electron chi connectivity index (χ3n) is 4.95. The minimum atomic E-state index is -0.754. The number of carbonyl (C=O) groups is 2. The number of urea groups is 1. The highest BCUT2D eigenvalue weighted by atomic mass is 16.5. The molecule has 9 nitrogen and oxygen atoms in total. The number of rotatable bonds is 4. The van der Waals surface area contributed by atoms with Crippen LogP contribution in [0.15, 0.2) is 53.9 Å². The number of ether oxygens (including phenoxy) is 1. The predicted molar refractivity (Wildman–Crippen MR) is 113 cm³/mol. The number of methoxy groups -OCH3 is 1. The van der Waals surface area contributed by atoms with E-state index in [1.807, 2.05) is 50.2 Å². The van der Waals surface area contributed by atoms with Crippen molar-refractivity contribution in [2.45, 2.75) is 26.8 Å². The molecule has 1 aliphatic heterocycles. The zero-order chi connectivity index (χ0) is 22.1. The minimum Gasteiger partial charge on any atom is -0.466 e. The minimum absolute atomic E-state index is 0.306. The van der Waals surface area contributed by atoms with E-state index in [0.717, 1.165) is 17.0 Å². The van der Waals surface area contributed by atoms with Crippen molar-refractivity contribution in [3.63, 3.8) is 0 Å². The smallest absolute Gasteiger partial charge is 0.337 e. The molecule has 0 bridgehead atoms. The third kappa shape index (κ3) is 3.89. The molecule has 3 heterocycles. The molecule has 2 aromatic heterocycles. The maximum atomic E-state index is 12.6. The summed E-state index contributed by atoms with van der Waals surface area (Å²) < 4.78 is 6.54. The fraction of sp³-hybridized carbons (Fsp3) is 0.227. The second kappa shape index (κ2) is 8.02. The molecular formula is C22H22N6O3. The Hall–Kier alpha value is -4.01. The molecule has 3 aromatic rings. The Morgan fingerprint density at radius 1 is 1.10 bits per heavy atom. The van der Waals surface area contributed by atoms with Crippen molar-refractivity contribution in [1.82, 2.24) is 30.4 Å². The van der Waals surface area contributed by atoms with Gasteiger partial charge in [-0.15, -0.1) is 0 Å². The van der Waals surface area contributed by atoms with Gasteiger partial charge in [0.05, 0.1) is 24.4 Å². The number of carbonyl (C=O) groups excluding carboxylic acids is 2. The molecule has 2 amide bonds. The summed E-state index contributed by atoms with van der Waals surface area (Å²) in [5.41, 5.74) is 4.41. The van der Waals surface area contributed by atoms with Crippen LogP contribution in [0.5, 0.6) is 0 Å². The average molecular weight is 418 g/mol. The van der Waals surface area contributed by atoms with Gasteiger partial charge in [-0.25, -0.2) is 24.2 Å². The number of hydrogen-bond acceptors (Lipinski definition) is 6. The maximum absolute atomic E-state index is 12.6. The van der Waals surface area contributed by atoms with Crippen molar-refractivity contribution in [1.29, 1.82) is 0 Å². The number of benzene rings is 1. The van der Waals surface area contributed by atoms with E-state index in [4.69, 9.17) is 9.84 Å². The summed E-state index contributed by atoms with van der Waals surface area (Å²) in [6.45, 7) is 5.43. The number of hydrogen-bond donors (Lipinski definition) is 2. The van der Waals surface area contributed by atoms with E-state index >= 15 is 0 Å². The molecule has 2 N–H and O–H groups in total. The lowest BCUT2D eigenvalue weighted by atomic mass is 9.94. The Labute approximate surface area is 179 Å². The van der Waals surface area contributed by atoms with Gasteiger partial charge in [0.25, 0.3) is 5.95 Å². The van der Waals surface area contributed by atoms with Crippen molar-refractivity contribution < 1.29 is 14.3 Å². The van der Waals surface area contributed by atoms with Crippen LogP contribution in [0.25, 0.3) is 17.2 Å². The molecule has 9 heteroatoms. The molecule has 158 valence electrons. The molecule has 0 spiro atoms. The molecule has 1 unspecified atom stereocenters. The van der Waals surface area contributed by atoms with Crippen LogP contribution in [0.1, 0.15) is 29.9 Å². The fourth-order valence-corrected chi connectivity index (χ4v) is 3.64. The first-order valence-corrected chi connectivity index (χ1v) is 9.71. The van der Waals surface area contributed by atoms with Gasteiger partial charge in [0, 0.05) is 34.4 Å². The molecule has 4 rings (SSSR count). The number of esters is 1. The molecule has 1 aromatic carbocycles. The van der Waals surface area contributed by atoms with Crippen LogP contribution in [0.2, 0.25) is 0 Å². The first-order chi connectivity index (χ1) is 14.9. The molecule has 0 radical (unpaired) electrons. The van der Waals surface area contributed by atoms with E-state index in [9.17, 15) is 9.59 Å². The summed E-state index contributed by atoms with van der Waals surface area (Å²) in [5.74, 6) is -0.133. The first kappa shape index (κ1) is 20.3. The summed E-state index contributed by atoms with van der Waals surface area (Å²) in [7, 11) is 1.31. The van der Waals surface area contributed by atoms with Crippen molar-refractivity contribution in [3.8, 4) is 17.2 Å². The number of aryl methyl sites for hydroxylation is 2. The van der Waals surface area contributed by atoms with E-state index in [-0.39, 0.29) is 0 Å². The Bertz CT molecular complexity index is 1180. The van der Waals surface area contributed by atoms with Crippen molar-refractivity contribution in [3.05, 3.63) is 70.8 Å². The highest BCUT2D eigenvalue weighted by Crippen LogP contribution is 2.34. The normalized spacial score (nSPS) is 16.0. The van der Waals surface area contributed by atoms with Crippen LogP contribution in [-0.4, -0.2) is 38.9 Å². The largest absolute Gasteiger partial charge is 0.466 e. The monoisotopic (exact) mass is 418 g/mol. The van der Waals surface area contributed by atoms with Crippen molar-refractivity contribution >= 4 is 12.0 Å². The van der Waals surface area contributed by atoms with Crippen LogP contribution < -0.4 is 10.6 Å². The number of allylic oxidation sites excluding steroid dienone is 1. The van der Waals surface area contributed by atoms with Gasteiger partial charge in [-0.2, -0.15) is 5.10 Å². The topological polar surface area (TPSA) is 111 Å². The first-order valence-electron chi connectivity index (χ1n) is 9.71. The average Bonchev–Trinajstić information content (AvgIpc) is 3.18. The number of nitrogens with zero attached hydrogens (tertiary/aromatic N) is 4. The lowest BCUT2D eigenvalue weighted by Crippen LogP contribution is -2.45. The van der Waals surface area contributed by atoms with Crippen LogP contribution >= 0.6 is 0 Å². The molecule has 0 fully saturated rings. The van der Waals surface area contributed by atoms with Crippen LogP contribution in [-0.2, 0) is 9.53 Å².